The zero-order valence-corrected chi connectivity index (χ0v) is 9.93. The average molecular weight is 258 g/mol. The Morgan fingerprint density at radius 3 is 2.18 bits per heavy atom. The highest BCUT2D eigenvalue weighted by Crippen LogP contribution is 2.59. The molecule has 2 nitrogen and oxygen atoms in total. The van der Waals surface area contributed by atoms with Crippen LogP contribution in [0.25, 0.3) is 0 Å². The van der Waals surface area contributed by atoms with Crippen LogP contribution in [0.4, 0.5) is 17.6 Å². The lowest BCUT2D eigenvalue weighted by molar-refractivity contribution is -0.386. The molecule has 2 unspecified atom stereocenters. The Balaban J connectivity index is 2.57. The smallest absolute Gasteiger partial charge is 0.336 e. The van der Waals surface area contributed by atoms with Crippen molar-refractivity contribution in [1.82, 2.24) is 0 Å². The molecule has 0 aliphatic heterocycles. The molecule has 0 spiro atoms. The number of aliphatic hydroxyl groups is 1. The van der Waals surface area contributed by atoms with Gasteiger partial charge in [-0.15, -0.1) is 0 Å². The molecule has 0 aromatic rings. The molecule has 0 radical (unpaired) electrons. The van der Waals surface area contributed by atoms with Crippen molar-refractivity contribution < 1.29 is 27.4 Å². The number of unbranched alkanes of at least 4 members (excludes halogenated alkanes) is 1. The maximum absolute atomic E-state index is 13.2. The molecule has 2 atom stereocenters. The van der Waals surface area contributed by atoms with Gasteiger partial charge in [0.1, 0.15) is 6.10 Å². The lowest BCUT2D eigenvalue weighted by Crippen LogP contribution is -2.72. The predicted molar refractivity (Wildman–Crippen MR) is 54.3 cm³/mol. The number of ether oxygens (including phenoxy) is 1. The third-order valence-corrected chi connectivity index (χ3v) is 3.11. The third-order valence-electron chi connectivity index (χ3n) is 3.11. The van der Waals surface area contributed by atoms with Gasteiger partial charge < -0.3 is 9.84 Å². The predicted octanol–water partition coefficient (Wildman–Crippen LogP) is 2.70. The van der Waals surface area contributed by atoms with Gasteiger partial charge in [0.25, 0.3) is 0 Å². The van der Waals surface area contributed by atoms with Gasteiger partial charge in [-0.3, -0.25) is 0 Å². The van der Waals surface area contributed by atoms with E-state index in [1.54, 1.807) is 0 Å². The van der Waals surface area contributed by atoms with Gasteiger partial charge >= 0.3 is 11.8 Å². The summed E-state index contributed by atoms with van der Waals surface area (Å²) >= 11 is 0. The summed E-state index contributed by atoms with van der Waals surface area (Å²) in [6.45, 7) is 2.88. The first-order chi connectivity index (χ1) is 7.76. The Kier molecular flexibility index (Phi) is 4.41. The normalized spacial score (nSPS) is 30.4. The minimum absolute atomic E-state index is 0.0277. The van der Waals surface area contributed by atoms with Crippen molar-refractivity contribution in [2.75, 3.05) is 13.2 Å². The van der Waals surface area contributed by atoms with Crippen LogP contribution in [0.3, 0.4) is 0 Å². The molecular weight excluding hydrogens is 240 g/mol. The first-order valence-electron chi connectivity index (χ1n) is 5.75. The number of halogens is 4. The van der Waals surface area contributed by atoms with Crippen molar-refractivity contribution in [3.63, 3.8) is 0 Å². The summed E-state index contributed by atoms with van der Waals surface area (Å²) in [7, 11) is 0. The summed E-state index contributed by atoms with van der Waals surface area (Å²) < 4.78 is 57.6. The van der Waals surface area contributed by atoms with Gasteiger partial charge in [0.05, 0.1) is 5.92 Å². The Labute approximate surface area is 98.0 Å². The molecule has 1 N–H and O–H groups in total. The Hall–Kier alpha value is -0.360. The maximum Gasteiger partial charge on any atom is 0.336 e. The zero-order valence-electron chi connectivity index (χ0n) is 9.93. The van der Waals surface area contributed by atoms with Crippen LogP contribution in [0.5, 0.6) is 0 Å². The van der Waals surface area contributed by atoms with E-state index in [2.05, 4.69) is 0 Å². The molecule has 1 aliphatic carbocycles. The summed E-state index contributed by atoms with van der Waals surface area (Å²) in [6, 6.07) is 0. The van der Waals surface area contributed by atoms with Gasteiger partial charge in [0, 0.05) is 13.2 Å². The fraction of sp³-hybridized carbons (Fsp3) is 1.00. The van der Waals surface area contributed by atoms with E-state index in [0.29, 0.717) is 12.8 Å². The van der Waals surface area contributed by atoms with Crippen molar-refractivity contribution in [3.05, 3.63) is 0 Å². The largest absolute Gasteiger partial charge is 0.396 e. The van der Waals surface area contributed by atoms with Crippen LogP contribution in [-0.2, 0) is 4.74 Å². The fourth-order valence-electron chi connectivity index (χ4n) is 2.13. The first kappa shape index (κ1) is 14.7. The number of hydrogen-bond acceptors (Lipinski definition) is 2. The Bertz CT molecular complexity index is 256. The molecule has 0 aromatic heterocycles. The van der Waals surface area contributed by atoms with Crippen LogP contribution in [0.1, 0.15) is 26.7 Å². The van der Waals surface area contributed by atoms with Crippen molar-refractivity contribution in [1.29, 1.82) is 0 Å². The highest BCUT2D eigenvalue weighted by molar-refractivity contribution is 5.12. The Morgan fingerprint density at radius 1 is 1.12 bits per heavy atom. The topological polar surface area (TPSA) is 29.5 Å². The van der Waals surface area contributed by atoms with Gasteiger partial charge in [-0.2, -0.15) is 17.6 Å². The van der Waals surface area contributed by atoms with E-state index in [1.165, 1.54) is 13.8 Å². The molecule has 0 amide bonds. The SMILES string of the molecule is CC(C)C1C(OCCCCO)C(F)(F)C1(F)F. The van der Waals surface area contributed by atoms with Gasteiger partial charge in [0.2, 0.25) is 0 Å². The van der Waals surface area contributed by atoms with E-state index in [0.717, 1.165) is 0 Å². The first-order valence-corrected chi connectivity index (χ1v) is 5.75. The standard InChI is InChI=1S/C11H18F4O2/c1-7(2)8-9(17-6-4-3-5-16)11(14,15)10(8,12)13/h7-9,16H,3-6H2,1-2H3. The van der Waals surface area contributed by atoms with E-state index in [1.807, 2.05) is 0 Å². The quantitative estimate of drug-likeness (QED) is 0.586. The molecular formula is C11H18F4O2. The number of rotatable bonds is 6. The van der Waals surface area contributed by atoms with Gasteiger partial charge in [0.15, 0.2) is 0 Å². The lowest BCUT2D eigenvalue weighted by Gasteiger charge is -2.52. The van der Waals surface area contributed by atoms with E-state index in [9.17, 15) is 17.6 Å². The molecule has 1 aliphatic rings. The molecule has 0 aromatic carbocycles. The highest BCUT2D eigenvalue weighted by atomic mass is 19.3. The third kappa shape index (κ3) is 2.42. The number of alkyl halides is 4. The summed E-state index contributed by atoms with van der Waals surface area (Å²) in [6.07, 6.45) is -0.906. The molecule has 0 bridgehead atoms. The summed E-state index contributed by atoms with van der Waals surface area (Å²) in [5.74, 6) is -10.1. The minimum Gasteiger partial charge on any atom is -0.396 e. The van der Waals surface area contributed by atoms with Gasteiger partial charge in [-0.05, 0) is 18.8 Å². The molecule has 0 saturated heterocycles. The second-order valence-corrected chi connectivity index (χ2v) is 4.74. The number of aliphatic hydroxyl groups excluding tert-OH is 1. The maximum atomic E-state index is 13.2. The Morgan fingerprint density at radius 2 is 1.71 bits per heavy atom. The van der Waals surface area contributed by atoms with Gasteiger partial charge in [-0.1, -0.05) is 13.8 Å². The van der Waals surface area contributed by atoms with Gasteiger partial charge in [-0.25, -0.2) is 0 Å². The van der Waals surface area contributed by atoms with E-state index >= 15 is 0 Å². The van der Waals surface area contributed by atoms with Crippen LogP contribution >= 0.6 is 0 Å². The van der Waals surface area contributed by atoms with Crippen LogP contribution in [-0.4, -0.2) is 36.3 Å². The molecule has 1 fully saturated rings. The number of hydrogen-bond donors (Lipinski definition) is 1. The second-order valence-electron chi connectivity index (χ2n) is 4.74. The van der Waals surface area contributed by atoms with E-state index in [-0.39, 0.29) is 13.2 Å². The summed E-state index contributed by atoms with van der Waals surface area (Å²) in [4.78, 5) is 0. The molecule has 102 valence electrons. The monoisotopic (exact) mass is 258 g/mol. The van der Waals surface area contributed by atoms with Crippen LogP contribution in [0.2, 0.25) is 0 Å². The van der Waals surface area contributed by atoms with Crippen molar-refractivity contribution >= 4 is 0 Å². The lowest BCUT2D eigenvalue weighted by atomic mass is 9.67. The molecule has 6 heteroatoms. The molecule has 1 saturated carbocycles. The second kappa shape index (κ2) is 5.10. The summed E-state index contributed by atoms with van der Waals surface area (Å²) in [5, 5.41) is 8.50. The van der Waals surface area contributed by atoms with Crippen molar-refractivity contribution in [3.8, 4) is 0 Å². The fourth-order valence-corrected chi connectivity index (χ4v) is 2.13. The average Bonchev–Trinajstić information content (AvgIpc) is 2.21. The molecule has 0 heterocycles. The molecule has 1 rings (SSSR count). The molecule has 17 heavy (non-hydrogen) atoms. The van der Waals surface area contributed by atoms with Crippen LogP contribution < -0.4 is 0 Å². The van der Waals surface area contributed by atoms with E-state index < -0.39 is 29.8 Å². The van der Waals surface area contributed by atoms with Crippen LogP contribution in [0.15, 0.2) is 0 Å². The minimum atomic E-state index is -4.08. The highest BCUT2D eigenvalue weighted by Gasteiger charge is 2.79. The zero-order chi connectivity index (χ0) is 13.3. The van der Waals surface area contributed by atoms with Crippen molar-refractivity contribution in [2.24, 2.45) is 11.8 Å². The van der Waals surface area contributed by atoms with Crippen LogP contribution in [0, 0.1) is 11.8 Å². The van der Waals surface area contributed by atoms with Crippen molar-refractivity contribution in [2.45, 2.75) is 44.6 Å². The summed E-state index contributed by atoms with van der Waals surface area (Å²) in [5.41, 5.74) is 0. The van der Waals surface area contributed by atoms with E-state index in [4.69, 9.17) is 9.84 Å².